The van der Waals surface area contributed by atoms with Crippen LogP contribution in [-0.2, 0) is 11.0 Å². The Hall–Kier alpha value is -1.90. The predicted molar refractivity (Wildman–Crippen MR) is 85.7 cm³/mol. The summed E-state index contributed by atoms with van der Waals surface area (Å²) in [5.74, 6) is 0.506. The SMILES string of the molecule is NCC1CCN(C(=O)C2CCN(c3nccc(C(F)(F)F)n3)CC2)C1. The first kappa shape index (κ1) is 17.9. The summed E-state index contributed by atoms with van der Waals surface area (Å²) in [5.41, 5.74) is 4.72. The first-order valence-electron chi connectivity index (χ1n) is 8.52. The van der Waals surface area contributed by atoms with Crippen LogP contribution in [0.1, 0.15) is 25.0 Å². The van der Waals surface area contributed by atoms with E-state index in [1.807, 2.05) is 4.90 Å². The van der Waals surface area contributed by atoms with Gasteiger partial charge in [0, 0.05) is 38.3 Å². The molecule has 6 nitrogen and oxygen atoms in total. The van der Waals surface area contributed by atoms with Crippen LogP contribution in [0.25, 0.3) is 0 Å². The summed E-state index contributed by atoms with van der Waals surface area (Å²) in [6, 6.07) is 0.862. The van der Waals surface area contributed by atoms with E-state index in [0.717, 1.165) is 25.2 Å². The maximum atomic E-state index is 12.8. The molecule has 0 aliphatic carbocycles. The summed E-state index contributed by atoms with van der Waals surface area (Å²) in [6.45, 7) is 3.01. The van der Waals surface area contributed by atoms with Gasteiger partial charge in [-0.15, -0.1) is 0 Å². The first-order valence-corrected chi connectivity index (χ1v) is 8.52. The average molecular weight is 357 g/mol. The molecule has 2 saturated heterocycles. The highest BCUT2D eigenvalue weighted by Gasteiger charge is 2.35. The largest absolute Gasteiger partial charge is 0.433 e. The molecule has 0 spiro atoms. The minimum Gasteiger partial charge on any atom is -0.342 e. The van der Waals surface area contributed by atoms with Crippen LogP contribution in [-0.4, -0.2) is 53.5 Å². The number of likely N-dealkylation sites (tertiary alicyclic amines) is 1. The normalized spacial score (nSPS) is 22.5. The average Bonchev–Trinajstić information content (AvgIpc) is 3.10. The predicted octanol–water partition coefficient (Wildman–Crippen LogP) is 1.52. The van der Waals surface area contributed by atoms with Crippen molar-refractivity contribution in [2.45, 2.75) is 25.4 Å². The van der Waals surface area contributed by atoms with Gasteiger partial charge < -0.3 is 15.5 Å². The van der Waals surface area contributed by atoms with Gasteiger partial charge in [-0.25, -0.2) is 9.97 Å². The molecule has 1 aromatic heterocycles. The van der Waals surface area contributed by atoms with Gasteiger partial charge in [-0.3, -0.25) is 4.79 Å². The van der Waals surface area contributed by atoms with Crippen molar-refractivity contribution in [1.29, 1.82) is 0 Å². The second-order valence-corrected chi connectivity index (χ2v) is 6.68. The van der Waals surface area contributed by atoms with Gasteiger partial charge in [-0.2, -0.15) is 13.2 Å². The van der Waals surface area contributed by atoms with Gasteiger partial charge in [0.05, 0.1) is 0 Å². The standard InChI is InChI=1S/C16H22F3N5O/c17-16(18,19)13-1-5-21-15(22-13)23-7-3-12(4-8-23)14(25)24-6-2-11(9-20)10-24/h1,5,11-12H,2-4,6-10,20H2. The molecular formula is C16H22F3N5O. The van der Waals surface area contributed by atoms with E-state index in [1.165, 1.54) is 0 Å². The molecule has 0 bridgehead atoms. The summed E-state index contributed by atoms with van der Waals surface area (Å²) in [5, 5.41) is 0. The van der Waals surface area contributed by atoms with Crippen LogP contribution in [0, 0.1) is 11.8 Å². The zero-order valence-corrected chi connectivity index (χ0v) is 13.9. The van der Waals surface area contributed by atoms with Crippen LogP contribution in [0.4, 0.5) is 19.1 Å². The van der Waals surface area contributed by atoms with Crippen molar-refractivity contribution in [2.75, 3.05) is 37.6 Å². The lowest BCUT2D eigenvalue weighted by Crippen LogP contribution is -2.42. The van der Waals surface area contributed by atoms with Crippen molar-refractivity contribution in [3.05, 3.63) is 18.0 Å². The number of nitrogens with zero attached hydrogens (tertiary/aromatic N) is 4. The molecule has 2 fully saturated rings. The lowest BCUT2D eigenvalue weighted by Gasteiger charge is -2.33. The van der Waals surface area contributed by atoms with Gasteiger partial charge in [0.25, 0.3) is 0 Å². The number of aromatic nitrogens is 2. The van der Waals surface area contributed by atoms with Crippen molar-refractivity contribution in [2.24, 2.45) is 17.6 Å². The lowest BCUT2D eigenvalue weighted by atomic mass is 9.95. The van der Waals surface area contributed by atoms with Crippen LogP contribution in [0.3, 0.4) is 0 Å². The van der Waals surface area contributed by atoms with Crippen molar-refractivity contribution < 1.29 is 18.0 Å². The monoisotopic (exact) mass is 357 g/mol. The Morgan fingerprint density at radius 1 is 1.24 bits per heavy atom. The number of hydrogen-bond donors (Lipinski definition) is 1. The van der Waals surface area contributed by atoms with E-state index in [-0.39, 0.29) is 17.8 Å². The van der Waals surface area contributed by atoms with Crippen molar-refractivity contribution in [1.82, 2.24) is 14.9 Å². The fourth-order valence-corrected chi connectivity index (χ4v) is 3.47. The molecule has 1 amide bonds. The molecule has 3 heterocycles. The Kier molecular flexibility index (Phi) is 5.12. The quantitative estimate of drug-likeness (QED) is 0.888. The molecular weight excluding hydrogens is 335 g/mol. The molecule has 25 heavy (non-hydrogen) atoms. The molecule has 0 aromatic carbocycles. The highest BCUT2D eigenvalue weighted by molar-refractivity contribution is 5.79. The van der Waals surface area contributed by atoms with E-state index in [2.05, 4.69) is 9.97 Å². The summed E-state index contributed by atoms with van der Waals surface area (Å²) in [6.07, 6.45) is -1.22. The van der Waals surface area contributed by atoms with E-state index in [9.17, 15) is 18.0 Å². The Morgan fingerprint density at radius 3 is 2.56 bits per heavy atom. The number of amides is 1. The Morgan fingerprint density at radius 2 is 1.96 bits per heavy atom. The van der Waals surface area contributed by atoms with Gasteiger partial charge in [0.2, 0.25) is 11.9 Å². The van der Waals surface area contributed by atoms with Gasteiger partial charge >= 0.3 is 6.18 Å². The van der Waals surface area contributed by atoms with Crippen LogP contribution >= 0.6 is 0 Å². The molecule has 9 heteroatoms. The zero-order chi connectivity index (χ0) is 18.0. The van der Waals surface area contributed by atoms with Gasteiger partial charge in [0.1, 0.15) is 5.69 Å². The molecule has 1 atom stereocenters. The topological polar surface area (TPSA) is 75.3 Å². The van der Waals surface area contributed by atoms with Crippen molar-refractivity contribution in [3.63, 3.8) is 0 Å². The molecule has 1 aromatic rings. The second-order valence-electron chi connectivity index (χ2n) is 6.68. The third kappa shape index (κ3) is 4.02. The Bertz CT molecular complexity index is 616. The molecule has 0 saturated carbocycles. The summed E-state index contributed by atoms with van der Waals surface area (Å²) in [4.78, 5) is 23.7. The maximum absolute atomic E-state index is 12.8. The lowest BCUT2D eigenvalue weighted by molar-refractivity contribution is -0.141. The fourth-order valence-electron chi connectivity index (χ4n) is 3.47. The summed E-state index contributed by atoms with van der Waals surface area (Å²) >= 11 is 0. The van der Waals surface area contributed by atoms with Crippen molar-refractivity contribution in [3.8, 4) is 0 Å². The van der Waals surface area contributed by atoms with Crippen LogP contribution in [0.15, 0.2) is 12.3 Å². The van der Waals surface area contributed by atoms with E-state index >= 15 is 0 Å². The molecule has 2 N–H and O–H groups in total. The van der Waals surface area contributed by atoms with E-state index in [1.54, 1.807) is 4.90 Å². The minimum atomic E-state index is -4.48. The molecule has 2 aliphatic heterocycles. The number of nitrogens with two attached hydrogens (primary N) is 1. The van der Waals surface area contributed by atoms with Crippen LogP contribution in [0.5, 0.6) is 0 Å². The van der Waals surface area contributed by atoms with E-state index in [0.29, 0.717) is 44.9 Å². The second kappa shape index (κ2) is 7.15. The number of halogens is 3. The number of piperidine rings is 1. The fraction of sp³-hybridized carbons (Fsp3) is 0.688. The smallest absolute Gasteiger partial charge is 0.342 e. The summed E-state index contributed by atoms with van der Waals surface area (Å²) < 4.78 is 38.3. The number of carbonyl (C=O) groups is 1. The third-order valence-electron chi connectivity index (χ3n) is 4.99. The number of rotatable bonds is 3. The Labute approximate surface area is 144 Å². The van der Waals surface area contributed by atoms with Crippen molar-refractivity contribution >= 4 is 11.9 Å². The Balaban J connectivity index is 1.58. The highest BCUT2D eigenvalue weighted by atomic mass is 19.4. The number of hydrogen-bond acceptors (Lipinski definition) is 5. The minimum absolute atomic E-state index is 0.0742. The molecule has 2 aliphatic rings. The zero-order valence-electron chi connectivity index (χ0n) is 13.9. The first-order chi connectivity index (χ1) is 11.9. The summed E-state index contributed by atoms with van der Waals surface area (Å²) in [7, 11) is 0. The maximum Gasteiger partial charge on any atom is 0.433 e. The molecule has 0 radical (unpaired) electrons. The van der Waals surface area contributed by atoms with Gasteiger partial charge in [-0.05, 0) is 37.8 Å². The van der Waals surface area contributed by atoms with Crippen LogP contribution < -0.4 is 10.6 Å². The molecule has 138 valence electrons. The molecule has 3 rings (SSSR count). The van der Waals surface area contributed by atoms with Crippen LogP contribution in [0.2, 0.25) is 0 Å². The van der Waals surface area contributed by atoms with Gasteiger partial charge in [-0.1, -0.05) is 0 Å². The number of carbonyl (C=O) groups excluding carboxylic acids is 1. The number of alkyl halides is 3. The van der Waals surface area contributed by atoms with Gasteiger partial charge in [0.15, 0.2) is 0 Å². The van der Waals surface area contributed by atoms with E-state index < -0.39 is 11.9 Å². The highest BCUT2D eigenvalue weighted by Crippen LogP contribution is 2.29. The van der Waals surface area contributed by atoms with E-state index in [4.69, 9.17) is 5.73 Å². The third-order valence-corrected chi connectivity index (χ3v) is 4.99. The number of anilines is 1. The molecule has 1 unspecified atom stereocenters.